The number of hydrogen-bond donors (Lipinski definition) is 3. The van der Waals surface area contributed by atoms with E-state index in [2.05, 4.69) is 17.6 Å². The van der Waals surface area contributed by atoms with Gasteiger partial charge in [-0.05, 0) is 74.6 Å². The highest BCUT2D eigenvalue weighted by Gasteiger charge is 2.37. The largest absolute Gasteiger partial charge is 0.508 e. The SMILES string of the molecule is CCCCCCN(C(=O)C(CCSC)NC(=O)OC(C)(C)C)C(C(=O)Nc1ccc2ccccc2c1)c1ccccc1O. The Labute approximate surface area is 259 Å². The van der Waals surface area contributed by atoms with Crippen LogP contribution in [0.3, 0.4) is 0 Å². The number of para-hydroxylation sites is 1. The van der Waals surface area contributed by atoms with Crippen molar-refractivity contribution in [3.8, 4) is 5.75 Å². The van der Waals surface area contributed by atoms with Crippen molar-refractivity contribution >= 4 is 46.1 Å². The molecule has 2 unspecified atom stereocenters. The molecule has 0 bridgehead atoms. The zero-order valence-corrected chi connectivity index (χ0v) is 26.7. The van der Waals surface area contributed by atoms with E-state index in [1.807, 2.05) is 48.7 Å². The van der Waals surface area contributed by atoms with Gasteiger partial charge in [0.15, 0.2) is 0 Å². The van der Waals surface area contributed by atoms with Crippen LogP contribution in [-0.4, -0.2) is 58.1 Å². The van der Waals surface area contributed by atoms with Gasteiger partial charge < -0.3 is 25.4 Å². The molecule has 3 N–H and O–H groups in total. The van der Waals surface area contributed by atoms with Gasteiger partial charge in [-0.1, -0.05) is 74.7 Å². The Kier molecular flexibility index (Phi) is 12.7. The van der Waals surface area contributed by atoms with E-state index >= 15 is 0 Å². The molecule has 0 saturated heterocycles. The van der Waals surface area contributed by atoms with E-state index in [1.54, 1.807) is 50.7 Å². The summed E-state index contributed by atoms with van der Waals surface area (Å²) >= 11 is 1.56. The second-order valence-electron chi connectivity index (χ2n) is 11.6. The van der Waals surface area contributed by atoms with E-state index < -0.39 is 35.6 Å². The number of anilines is 1. The number of unbranched alkanes of at least 4 members (excludes halogenated alkanes) is 3. The van der Waals surface area contributed by atoms with Crippen LogP contribution < -0.4 is 10.6 Å². The molecule has 0 fully saturated rings. The summed E-state index contributed by atoms with van der Waals surface area (Å²) in [6.07, 6.45) is 5.11. The Bertz CT molecular complexity index is 1370. The van der Waals surface area contributed by atoms with Crippen LogP contribution in [0.1, 0.15) is 71.4 Å². The van der Waals surface area contributed by atoms with Crippen LogP contribution in [0.4, 0.5) is 10.5 Å². The van der Waals surface area contributed by atoms with E-state index in [4.69, 9.17) is 4.74 Å². The second kappa shape index (κ2) is 16.2. The van der Waals surface area contributed by atoms with Gasteiger partial charge in [-0.2, -0.15) is 11.8 Å². The molecule has 3 rings (SSSR count). The number of benzene rings is 3. The predicted octanol–water partition coefficient (Wildman–Crippen LogP) is 7.28. The predicted molar refractivity (Wildman–Crippen MR) is 175 cm³/mol. The standard InChI is InChI=1S/C34H45N3O5S/c1-6-7-8-13-21-37(32(40)28(20-22-43-5)36-33(41)42-34(2,3)4)30(27-16-11-12-17-29(27)38)31(39)35-26-19-18-24-14-9-10-15-25(24)23-26/h9-12,14-19,23,28,30,38H,6-8,13,20-22H2,1-5H3,(H,35,39)(H,36,41). The first kappa shape index (κ1) is 33.8. The number of thioether (sulfide) groups is 1. The Hall–Kier alpha value is -3.72. The molecule has 0 aromatic heterocycles. The van der Waals surface area contributed by atoms with Gasteiger partial charge in [-0.15, -0.1) is 0 Å². The van der Waals surface area contributed by atoms with Crippen LogP contribution in [0.2, 0.25) is 0 Å². The van der Waals surface area contributed by atoms with Crippen molar-refractivity contribution in [3.63, 3.8) is 0 Å². The number of phenolic OH excluding ortho intramolecular Hbond substituents is 1. The van der Waals surface area contributed by atoms with Gasteiger partial charge in [0.1, 0.15) is 23.4 Å². The van der Waals surface area contributed by atoms with Gasteiger partial charge in [-0.25, -0.2) is 4.79 Å². The van der Waals surface area contributed by atoms with E-state index in [9.17, 15) is 19.5 Å². The zero-order chi connectivity index (χ0) is 31.4. The maximum atomic E-state index is 14.4. The molecule has 0 heterocycles. The molecule has 9 heteroatoms. The average Bonchev–Trinajstić information content (AvgIpc) is 2.96. The van der Waals surface area contributed by atoms with Gasteiger partial charge in [-0.3, -0.25) is 9.59 Å². The maximum Gasteiger partial charge on any atom is 0.408 e. The quantitative estimate of drug-likeness (QED) is 0.166. The lowest BCUT2D eigenvalue weighted by Crippen LogP contribution is -2.52. The van der Waals surface area contributed by atoms with Crippen LogP contribution in [-0.2, 0) is 14.3 Å². The van der Waals surface area contributed by atoms with E-state index in [0.29, 0.717) is 29.8 Å². The molecule has 3 aromatic rings. The highest BCUT2D eigenvalue weighted by molar-refractivity contribution is 7.98. The number of carbonyl (C=O) groups excluding carboxylic acids is 3. The number of nitrogens with one attached hydrogen (secondary N) is 2. The van der Waals surface area contributed by atoms with Crippen molar-refractivity contribution in [1.29, 1.82) is 0 Å². The normalized spacial score (nSPS) is 12.8. The van der Waals surface area contributed by atoms with Crippen molar-refractivity contribution in [1.82, 2.24) is 10.2 Å². The van der Waals surface area contributed by atoms with E-state index in [-0.39, 0.29) is 12.3 Å². The number of hydrogen-bond acceptors (Lipinski definition) is 6. The number of nitrogens with zero attached hydrogens (tertiary/aromatic N) is 1. The van der Waals surface area contributed by atoms with Crippen molar-refractivity contribution in [2.45, 2.75) is 77.5 Å². The first-order valence-corrected chi connectivity index (χ1v) is 16.3. The van der Waals surface area contributed by atoms with E-state index in [0.717, 1.165) is 30.0 Å². The zero-order valence-electron chi connectivity index (χ0n) is 25.9. The van der Waals surface area contributed by atoms with Crippen molar-refractivity contribution in [2.24, 2.45) is 0 Å². The molecule has 43 heavy (non-hydrogen) atoms. The van der Waals surface area contributed by atoms with Crippen LogP contribution in [0.25, 0.3) is 10.8 Å². The Morgan fingerprint density at radius 1 is 0.953 bits per heavy atom. The lowest BCUT2D eigenvalue weighted by Gasteiger charge is -2.35. The number of aromatic hydroxyl groups is 1. The first-order valence-electron chi connectivity index (χ1n) is 14.9. The van der Waals surface area contributed by atoms with Gasteiger partial charge >= 0.3 is 6.09 Å². The molecule has 2 atom stereocenters. The topological polar surface area (TPSA) is 108 Å². The molecule has 0 aliphatic heterocycles. The van der Waals surface area contributed by atoms with Crippen LogP contribution in [0.15, 0.2) is 66.7 Å². The summed E-state index contributed by atoms with van der Waals surface area (Å²) in [6, 6.07) is 18.0. The average molecular weight is 608 g/mol. The second-order valence-corrected chi connectivity index (χ2v) is 12.6. The highest BCUT2D eigenvalue weighted by Crippen LogP contribution is 2.32. The van der Waals surface area contributed by atoms with Crippen molar-refractivity contribution < 1.29 is 24.2 Å². The van der Waals surface area contributed by atoms with Crippen LogP contribution in [0.5, 0.6) is 5.75 Å². The van der Waals surface area contributed by atoms with E-state index in [1.165, 1.54) is 11.0 Å². The lowest BCUT2D eigenvalue weighted by atomic mass is 10.00. The molecule has 0 spiro atoms. The Balaban J connectivity index is 2.03. The minimum Gasteiger partial charge on any atom is -0.508 e. The maximum absolute atomic E-state index is 14.4. The number of phenols is 1. The number of alkyl carbamates (subject to hydrolysis) is 1. The minimum atomic E-state index is -1.14. The third-order valence-electron chi connectivity index (χ3n) is 6.94. The summed E-state index contributed by atoms with van der Waals surface area (Å²) in [5.41, 5.74) is 0.147. The molecule has 0 radical (unpaired) electrons. The molecule has 0 aliphatic rings. The third-order valence-corrected chi connectivity index (χ3v) is 7.59. The van der Waals surface area contributed by atoms with Gasteiger partial charge in [0.2, 0.25) is 5.91 Å². The molecule has 0 saturated carbocycles. The third kappa shape index (κ3) is 10.2. The van der Waals surface area contributed by atoms with Crippen LogP contribution in [0, 0.1) is 0 Å². The molecular formula is C34H45N3O5S. The molecular weight excluding hydrogens is 562 g/mol. The summed E-state index contributed by atoms with van der Waals surface area (Å²) in [6.45, 7) is 7.66. The summed E-state index contributed by atoms with van der Waals surface area (Å²) in [5.74, 6) is -0.339. The molecule has 232 valence electrons. The first-order chi connectivity index (χ1) is 20.5. The lowest BCUT2D eigenvalue weighted by molar-refractivity contribution is -0.141. The van der Waals surface area contributed by atoms with Crippen molar-refractivity contribution in [3.05, 3.63) is 72.3 Å². The van der Waals surface area contributed by atoms with Crippen LogP contribution >= 0.6 is 11.8 Å². The number of carbonyl (C=O) groups is 3. The molecule has 3 amide bonds. The summed E-state index contributed by atoms with van der Waals surface area (Å²) in [5, 5.41) is 18.7. The highest BCUT2D eigenvalue weighted by atomic mass is 32.2. The van der Waals surface area contributed by atoms with Crippen molar-refractivity contribution in [2.75, 3.05) is 23.9 Å². The molecule has 8 nitrogen and oxygen atoms in total. The molecule has 0 aliphatic carbocycles. The fourth-order valence-corrected chi connectivity index (χ4v) is 5.34. The number of ether oxygens (including phenoxy) is 1. The fourth-order valence-electron chi connectivity index (χ4n) is 4.87. The van der Waals surface area contributed by atoms with Gasteiger partial charge in [0, 0.05) is 17.8 Å². The summed E-state index contributed by atoms with van der Waals surface area (Å²) in [7, 11) is 0. The smallest absolute Gasteiger partial charge is 0.408 e. The monoisotopic (exact) mass is 607 g/mol. The summed E-state index contributed by atoms with van der Waals surface area (Å²) < 4.78 is 5.47. The fraction of sp³-hybridized carbons (Fsp3) is 0.441. The Morgan fingerprint density at radius 2 is 1.65 bits per heavy atom. The van der Waals surface area contributed by atoms with Gasteiger partial charge in [0.25, 0.3) is 5.91 Å². The number of amides is 3. The summed E-state index contributed by atoms with van der Waals surface area (Å²) in [4.78, 5) is 42.8. The number of rotatable bonds is 14. The number of fused-ring (bicyclic) bond motifs is 1. The molecule has 3 aromatic carbocycles. The minimum absolute atomic E-state index is 0.0896. The Morgan fingerprint density at radius 3 is 2.33 bits per heavy atom. The van der Waals surface area contributed by atoms with Gasteiger partial charge in [0.05, 0.1) is 0 Å².